The van der Waals surface area contributed by atoms with Crippen LogP contribution in [-0.4, -0.2) is 0 Å². The lowest BCUT2D eigenvalue weighted by Gasteiger charge is -2.14. The summed E-state index contributed by atoms with van der Waals surface area (Å²) < 4.78 is 39.9. The van der Waals surface area contributed by atoms with Crippen LogP contribution in [0.1, 0.15) is 22.7 Å². The molecule has 18 heavy (non-hydrogen) atoms. The van der Waals surface area contributed by atoms with Gasteiger partial charge in [-0.15, -0.1) is 0 Å². The van der Waals surface area contributed by atoms with Crippen molar-refractivity contribution in [1.29, 1.82) is 0 Å². The molecule has 0 spiro atoms. The largest absolute Gasteiger partial charge is 0.320 e. The first-order valence-electron chi connectivity index (χ1n) is 5.45. The van der Waals surface area contributed by atoms with Crippen molar-refractivity contribution in [3.63, 3.8) is 0 Å². The average molecular weight is 251 g/mol. The van der Waals surface area contributed by atoms with Gasteiger partial charge in [-0.25, -0.2) is 13.2 Å². The van der Waals surface area contributed by atoms with E-state index in [0.29, 0.717) is 11.1 Å². The fourth-order valence-electron chi connectivity index (χ4n) is 1.88. The molecule has 0 aliphatic heterocycles. The molecule has 0 radical (unpaired) electrons. The lowest BCUT2D eigenvalue weighted by molar-refractivity contribution is 0.575. The molecule has 0 heterocycles. The average Bonchev–Trinajstić information content (AvgIpc) is 2.30. The highest BCUT2D eigenvalue weighted by atomic mass is 19.1. The predicted molar refractivity (Wildman–Crippen MR) is 63.5 cm³/mol. The van der Waals surface area contributed by atoms with Gasteiger partial charge in [0.15, 0.2) is 0 Å². The molecule has 2 rings (SSSR count). The van der Waals surface area contributed by atoms with E-state index in [0.717, 1.165) is 18.2 Å². The van der Waals surface area contributed by atoms with Crippen LogP contribution < -0.4 is 5.73 Å². The van der Waals surface area contributed by atoms with Crippen LogP contribution in [0.5, 0.6) is 0 Å². The molecule has 4 heteroatoms. The van der Waals surface area contributed by atoms with E-state index in [2.05, 4.69) is 0 Å². The third-order valence-corrected chi connectivity index (χ3v) is 2.72. The van der Waals surface area contributed by atoms with E-state index in [4.69, 9.17) is 5.73 Å². The molecular weight excluding hydrogens is 239 g/mol. The molecule has 0 aliphatic rings. The van der Waals surface area contributed by atoms with Gasteiger partial charge in [-0.1, -0.05) is 6.07 Å². The van der Waals surface area contributed by atoms with Gasteiger partial charge in [-0.2, -0.15) is 0 Å². The molecule has 2 aromatic carbocycles. The predicted octanol–water partition coefficient (Wildman–Crippen LogP) is 3.46. The molecule has 0 fully saturated rings. The molecule has 0 saturated carbocycles. The number of hydrogen-bond acceptors (Lipinski definition) is 1. The maximum Gasteiger partial charge on any atom is 0.128 e. The highest BCUT2D eigenvalue weighted by molar-refractivity contribution is 5.35. The van der Waals surface area contributed by atoms with E-state index in [1.165, 1.54) is 12.1 Å². The maximum atomic E-state index is 13.6. The monoisotopic (exact) mass is 251 g/mol. The Kier molecular flexibility index (Phi) is 3.39. The Bertz CT molecular complexity index is 561. The van der Waals surface area contributed by atoms with Crippen LogP contribution in [0.3, 0.4) is 0 Å². The van der Waals surface area contributed by atoms with Crippen molar-refractivity contribution in [2.75, 3.05) is 0 Å². The van der Waals surface area contributed by atoms with Gasteiger partial charge < -0.3 is 5.73 Å². The first kappa shape index (κ1) is 12.6. The second-order valence-electron chi connectivity index (χ2n) is 4.21. The fraction of sp³-hybridized carbons (Fsp3) is 0.143. The Labute approximate surface area is 103 Å². The molecule has 1 unspecified atom stereocenters. The van der Waals surface area contributed by atoms with Crippen molar-refractivity contribution in [3.05, 3.63) is 70.5 Å². The molecule has 0 aromatic heterocycles. The van der Waals surface area contributed by atoms with Crippen LogP contribution >= 0.6 is 0 Å². The van der Waals surface area contributed by atoms with Crippen molar-refractivity contribution < 1.29 is 13.2 Å². The van der Waals surface area contributed by atoms with Gasteiger partial charge in [-0.3, -0.25) is 0 Å². The standard InChI is InChI=1S/C14H12F3N/c1-8-4-9(6-11(16)5-8)14(18)12-7-10(15)2-3-13(12)17/h2-7,14H,18H2,1H3. The summed E-state index contributed by atoms with van der Waals surface area (Å²) in [6.07, 6.45) is 0. The Balaban J connectivity index is 2.47. The van der Waals surface area contributed by atoms with Gasteiger partial charge in [-0.05, 0) is 48.4 Å². The molecule has 0 aliphatic carbocycles. The summed E-state index contributed by atoms with van der Waals surface area (Å²) in [5.74, 6) is -1.63. The highest BCUT2D eigenvalue weighted by Crippen LogP contribution is 2.24. The van der Waals surface area contributed by atoms with E-state index in [-0.39, 0.29) is 5.56 Å². The Morgan fingerprint density at radius 2 is 1.67 bits per heavy atom. The summed E-state index contributed by atoms with van der Waals surface area (Å²) in [6.45, 7) is 1.71. The zero-order valence-corrected chi connectivity index (χ0v) is 9.75. The van der Waals surface area contributed by atoms with E-state index < -0.39 is 23.5 Å². The van der Waals surface area contributed by atoms with Crippen molar-refractivity contribution in [2.45, 2.75) is 13.0 Å². The quantitative estimate of drug-likeness (QED) is 0.869. The maximum absolute atomic E-state index is 13.6. The van der Waals surface area contributed by atoms with Crippen LogP contribution in [-0.2, 0) is 0 Å². The number of rotatable bonds is 2. The molecule has 94 valence electrons. The minimum absolute atomic E-state index is 0.0139. The third-order valence-electron chi connectivity index (χ3n) is 2.72. The van der Waals surface area contributed by atoms with E-state index in [9.17, 15) is 13.2 Å². The lowest BCUT2D eigenvalue weighted by atomic mass is 9.97. The lowest BCUT2D eigenvalue weighted by Crippen LogP contribution is -2.14. The summed E-state index contributed by atoms with van der Waals surface area (Å²) in [5, 5.41) is 0. The molecule has 1 nitrogen and oxygen atoms in total. The van der Waals surface area contributed by atoms with Crippen LogP contribution in [0.4, 0.5) is 13.2 Å². The minimum atomic E-state index is -0.893. The van der Waals surface area contributed by atoms with Crippen LogP contribution in [0, 0.1) is 24.4 Å². The zero-order valence-electron chi connectivity index (χ0n) is 9.75. The normalized spacial score (nSPS) is 12.5. The Morgan fingerprint density at radius 1 is 0.944 bits per heavy atom. The summed E-state index contributed by atoms with van der Waals surface area (Å²) in [5.41, 5.74) is 6.96. The summed E-state index contributed by atoms with van der Waals surface area (Å²) in [4.78, 5) is 0. The molecule has 2 aromatic rings. The minimum Gasteiger partial charge on any atom is -0.320 e. The highest BCUT2D eigenvalue weighted by Gasteiger charge is 2.15. The smallest absolute Gasteiger partial charge is 0.128 e. The van der Waals surface area contributed by atoms with Crippen molar-refractivity contribution in [2.24, 2.45) is 5.73 Å². The van der Waals surface area contributed by atoms with Crippen LogP contribution in [0.15, 0.2) is 36.4 Å². The topological polar surface area (TPSA) is 26.0 Å². The van der Waals surface area contributed by atoms with E-state index >= 15 is 0 Å². The molecule has 0 saturated heterocycles. The van der Waals surface area contributed by atoms with Gasteiger partial charge in [0.2, 0.25) is 0 Å². The second kappa shape index (κ2) is 4.82. The van der Waals surface area contributed by atoms with Gasteiger partial charge in [0.05, 0.1) is 6.04 Å². The summed E-state index contributed by atoms with van der Waals surface area (Å²) in [7, 11) is 0. The number of benzene rings is 2. The zero-order chi connectivity index (χ0) is 13.3. The van der Waals surface area contributed by atoms with Crippen LogP contribution in [0.25, 0.3) is 0 Å². The molecule has 1 atom stereocenters. The van der Waals surface area contributed by atoms with Gasteiger partial charge in [0.25, 0.3) is 0 Å². The molecule has 2 N–H and O–H groups in total. The molecular formula is C14H12F3N. The Hall–Kier alpha value is -1.81. The SMILES string of the molecule is Cc1cc(F)cc(C(N)c2cc(F)ccc2F)c1. The number of halogens is 3. The summed E-state index contributed by atoms with van der Waals surface area (Å²) >= 11 is 0. The van der Waals surface area contributed by atoms with Gasteiger partial charge in [0, 0.05) is 5.56 Å². The molecule has 0 amide bonds. The van der Waals surface area contributed by atoms with Crippen molar-refractivity contribution in [1.82, 2.24) is 0 Å². The van der Waals surface area contributed by atoms with Gasteiger partial charge >= 0.3 is 0 Å². The first-order valence-corrected chi connectivity index (χ1v) is 5.45. The first-order chi connectivity index (χ1) is 8.47. The molecule has 0 bridgehead atoms. The summed E-state index contributed by atoms with van der Waals surface area (Å²) in [6, 6.07) is 6.38. The fourth-order valence-corrected chi connectivity index (χ4v) is 1.88. The number of hydrogen-bond donors (Lipinski definition) is 1. The van der Waals surface area contributed by atoms with Gasteiger partial charge in [0.1, 0.15) is 17.5 Å². The number of aryl methyl sites for hydroxylation is 1. The third kappa shape index (κ3) is 2.54. The number of nitrogens with two attached hydrogens (primary N) is 1. The van der Waals surface area contributed by atoms with E-state index in [1.807, 2.05) is 0 Å². The van der Waals surface area contributed by atoms with Crippen molar-refractivity contribution in [3.8, 4) is 0 Å². The Morgan fingerprint density at radius 3 is 2.33 bits per heavy atom. The van der Waals surface area contributed by atoms with E-state index in [1.54, 1.807) is 13.0 Å². The second-order valence-corrected chi connectivity index (χ2v) is 4.21. The van der Waals surface area contributed by atoms with Crippen molar-refractivity contribution >= 4 is 0 Å². The van der Waals surface area contributed by atoms with Crippen LogP contribution in [0.2, 0.25) is 0 Å².